The van der Waals surface area contributed by atoms with E-state index in [1.54, 1.807) is 11.3 Å². The van der Waals surface area contributed by atoms with Gasteiger partial charge in [0.1, 0.15) is 0 Å². The van der Waals surface area contributed by atoms with Gasteiger partial charge in [-0.15, -0.1) is 11.3 Å². The number of hydrogen-bond acceptors (Lipinski definition) is 4. The SMILES string of the molecule is Cc1csc(CCNC(=O)C2CCC(C(=O)O)CC2)n1. The van der Waals surface area contributed by atoms with E-state index in [2.05, 4.69) is 10.3 Å². The first-order chi connectivity index (χ1) is 9.56. The third-order valence-corrected chi connectivity index (χ3v) is 4.78. The maximum absolute atomic E-state index is 12.0. The number of carbonyl (C=O) groups is 2. The molecule has 0 bridgehead atoms. The Bertz CT molecular complexity index is 479. The number of hydrogen-bond donors (Lipinski definition) is 2. The van der Waals surface area contributed by atoms with Crippen LogP contribution in [0.15, 0.2) is 5.38 Å². The molecule has 0 spiro atoms. The van der Waals surface area contributed by atoms with Crippen molar-refractivity contribution >= 4 is 23.2 Å². The van der Waals surface area contributed by atoms with Crippen molar-refractivity contribution in [2.24, 2.45) is 11.8 Å². The maximum Gasteiger partial charge on any atom is 0.306 e. The molecule has 1 aliphatic rings. The molecule has 0 unspecified atom stereocenters. The fraction of sp³-hybridized carbons (Fsp3) is 0.643. The molecule has 2 rings (SSSR count). The molecule has 1 aliphatic carbocycles. The van der Waals surface area contributed by atoms with E-state index in [0.717, 1.165) is 17.1 Å². The van der Waals surface area contributed by atoms with Gasteiger partial charge in [0, 0.05) is 30.0 Å². The second-order valence-electron chi connectivity index (χ2n) is 5.31. The summed E-state index contributed by atoms with van der Waals surface area (Å²) in [6, 6.07) is 0. The van der Waals surface area contributed by atoms with Crippen LogP contribution in [0.1, 0.15) is 36.4 Å². The Morgan fingerprint density at radius 2 is 2.00 bits per heavy atom. The van der Waals surface area contributed by atoms with Crippen molar-refractivity contribution in [2.75, 3.05) is 6.54 Å². The van der Waals surface area contributed by atoms with Crippen LogP contribution in [0, 0.1) is 18.8 Å². The van der Waals surface area contributed by atoms with Gasteiger partial charge in [-0.3, -0.25) is 9.59 Å². The second kappa shape index (κ2) is 6.83. The molecule has 1 saturated carbocycles. The number of carbonyl (C=O) groups excluding carboxylic acids is 1. The van der Waals surface area contributed by atoms with Crippen molar-refractivity contribution in [2.45, 2.75) is 39.0 Å². The fourth-order valence-electron chi connectivity index (χ4n) is 2.56. The highest BCUT2D eigenvalue weighted by molar-refractivity contribution is 7.09. The number of rotatable bonds is 5. The van der Waals surface area contributed by atoms with Crippen molar-refractivity contribution in [3.63, 3.8) is 0 Å². The molecule has 1 heterocycles. The van der Waals surface area contributed by atoms with Crippen LogP contribution in [0.25, 0.3) is 0 Å². The predicted molar refractivity (Wildman–Crippen MR) is 76.6 cm³/mol. The summed E-state index contributed by atoms with van der Waals surface area (Å²) >= 11 is 1.61. The summed E-state index contributed by atoms with van der Waals surface area (Å²) < 4.78 is 0. The van der Waals surface area contributed by atoms with Gasteiger partial charge in [0.25, 0.3) is 0 Å². The van der Waals surface area contributed by atoms with Gasteiger partial charge >= 0.3 is 5.97 Å². The standard InChI is InChI=1S/C14H20N2O3S/c1-9-8-20-12(16-9)6-7-15-13(17)10-2-4-11(5-3-10)14(18)19/h8,10-11H,2-7H2,1H3,(H,15,17)(H,18,19). The lowest BCUT2D eigenvalue weighted by Crippen LogP contribution is -2.35. The van der Waals surface area contributed by atoms with E-state index in [-0.39, 0.29) is 17.7 Å². The number of nitrogens with zero attached hydrogens (tertiary/aromatic N) is 1. The fourth-order valence-corrected chi connectivity index (χ4v) is 3.33. The lowest BCUT2D eigenvalue weighted by molar-refractivity contribution is -0.144. The van der Waals surface area contributed by atoms with Gasteiger partial charge in [-0.25, -0.2) is 4.98 Å². The number of aryl methyl sites for hydroxylation is 1. The zero-order valence-electron chi connectivity index (χ0n) is 11.6. The van der Waals surface area contributed by atoms with Crippen molar-refractivity contribution in [3.8, 4) is 0 Å². The van der Waals surface area contributed by atoms with E-state index in [1.165, 1.54) is 0 Å². The van der Waals surface area contributed by atoms with Crippen LogP contribution in [-0.4, -0.2) is 28.5 Å². The molecule has 1 aromatic heterocycles. The number of carboxylic acids is 1. The molecule has 1 aromatic rings. The minimum Gasteiger partial charge on any atom is -0.481 e. The minimum absolute atomic E-state index is 0.0244. The molecular weight excluding hydrogens is 276 g/mol. The molecular formula is C14H20N2O3S. The molecule has 110 valence electrons. The van der Waals surface area contributed by atoms with Crippen molar-refractivity contribution in [1.29, 1.82) is 0 Å². The number of nitrogens with one attached hydrogen (secondary N) is 1. The van der Waals surface area contributed by atoms with Crippen LogP contribution < -0.4 is 5.32 Å². The topological polar surface area (TPSA) is 79.3 Å². The molecule has 0 aromatic carbocycles. The highest BCUT2D eigenvalue weighted by Crippen LogP contribution is 2.28. The molecule has 2 N–H and O–H groups in total. The van der Waals surface area contributed by atoms with Crippen LogP contribution in [-0.2, 0) is 16.0 Å². The Hall–Kier alpha value is -1.43. The molecule has 0 radical (unpaired) electrons. The molecule has 1 amide bonds. The summed E-state index contributed by atoms with van der Waals surface area (Å²) in [5.41, 5.74) is 1.02. The smallest absolute Gasteiger partial charge is 0.306 e. The molecule has 0 atom stereocenters. The Labute approximate surface area is 122 Å². The van der Waals surface area contributed by atoms with Crippen molar-refractivity contribution in [3.05, 3.63) is 16.1 Å². The lowest BCUT2D eigenvalue weighted by Gasteiger charge is -2.25. The quantitative estimate of drug-likeness (QED) is 0.871. The number of aliphatic carboxylic acids is 1. The monoisotopic (exact) mass is 296 g/mol. The van der Waals surface area contributed by atoms with Crippen LogP contribution >= 0.6 is 11.3 Å². The molecule has 0 saturated heterocycles. The average molecular weight is 296 g/mol. The number of aromatic nitrogens is 1. The highest BCUT2D eigenvalue weighted by Gasteiger charge is 2.29. The van der Waals surface area contributed by atoms with E-state index in [1.807, 2.05) is 12.3 Å². The average Bonchev–Trinajstić information content (AvgIpc) is 2.84. The molecule has 6 heteroatoms. The summed E-state index contributed by atoms with van der Waals surface area (Å²) in [5, 5.41) is 14.9. The van der Waals surface area contributed by atoms with Crippen LogP contribution in [0.3, 0.4) is 0 Å². The van der Waals surface area contributed by atoms with Gasteiger partial charge in [0.15, 0.2) is 0 Å². The van der Waals surface area contributed by atoms with Gasteiger partial charge in [0.2, 0.25) is 5.91 Å². The Kier molecular flexibility index (Phi) is 5.11. The van der Waals surface area contributed by atoms with E-state index >= 15 is 0 Å². The second-order valence-corrected chi connectivity index (χ2v) is 6.25. The molecule has 5 nitrogen and oxygen atoms in total. The summed E-state index contributed by atoms with van der Waals surface area (Å²) in [6.07, 6.45) is 3.34. The summed E-state index contributed by atoms with van der Waals surface area (Å²) in [4.78, 5) is 27.2. The third-order valence-electron chi connectivity index (χ3n) is 3.75. The Balaban J connectivity index is 1.69. The summed E-state index contributed by atoms with van der Waals surface area (Å²) in [5.74, 6) is -0.967. The van der Waals surface area contributed by atoms with E-state index in [0.29, 0.717) is 32.2 Å². The van der Waals surface area contributed by atoms with Crippen molar-refractivity contribution < 1.29 is 14.7 Å². The number of thiazole rings is 1. The van der Waals surface area contributed by atoms with Gasteiger partial charge in [-0.05, 0) is 32.6 Å². The predicted octanol–water partition coefficient (Wildman–Crippen LogP) is 2.00. The first-order valence-electron chi connectivity index (χ1n) is 6.98. The van der Waals surface area contributed by atoms with Crippen LogP contribution in [0.4, 0.5) is 0 Å². The van der Waals surface area contributed by atoms with E-state index in [9.17, 15) is 9.59 Å². The van der Waals surface area contributed by atoms with Gasteiger partial charge < -0.3 is 10.4 Å². The van der Waals surface area contributed by atoms with E-state index in [4.69, 9.17) is 5.11 Å². The molecule has 0 aliphatic heterocycles. The lowest BCUT2D eigenvalue weighted by atomic mass is 9.81. The summed E-state index contributed by atoms with van der Waals surface area (Å²) in [7, 11) is 0. The normalized spacial score (nSPS) is 22.4. The third kappa shape index (κ3) is 4.03. The van der Waals surface area contributed by atoms with E-state index < -0.39 is 5.97 Å². The largest absolute Gasteiger partial charge is 0.481 e. The number of carboxylic acid groups (broad SMARTS) is 1. The van der Waals surface area contributed by atoms with Crippen molar-refractivity contribution in [1.82, 2.24) is 10.3 Å². The zero-order valence-corrected chi connectivity index (χ0v) is 12.4. The highest BCUT2D eigenvalue weighted by atomic mass is 32.1. The molecule has 1 fully saturated rings. The Morgan fingerprint density at radius 3 is 2.55 bits per heavy atom. The minimum atomic E-state index is -0.733. The van der Waals surface area contributed by atoms with Gasteiger partial charge in [-0.1, -0.05) is 0 Å². The summed E-state index contributed by atoms with van der Waals surface area (Å²) in [6.45, 7) is 2.56. The van der Waals surface area contributed by atoms with Gasteiger partial charge in [-0.2, -0.15) is 0 Å². The first-order valence-corrected chi connectivity index (χ1v) is 7.85. The molecule has 20 heavy (non-hydrogen) atoms. The zero-order chi connectivity index (χ0) is 14.5. The Morgan fingerprint density at radius 1 is 1.35 bits per heavy atom. The number of amides is 1. The first kappa shape index (κ1) is 15.0. The van der Waals surface area contributed by atoms with Gasteiger partial charge in [0.05, 0.1) is 10.9 Å². The van der Waals surface area contributed by atoms with Crippen LogP contribution in [0.2, 0.25) is 0 Å². The van der Waals surface area contributed by atoms with Crippen LogP contribution in [0.5, 0.6) is 0 Å². The maximum atomic E-state index is 12.0.